The molecule has 9 nitrogen and oxygen atoms in total. The van der Waals surface area contributed by atoms with Crippen molar-refractivity contribution in [2.24, 2.45) is 5.73 Å². The molecular weight excluding hydrogens is 556 g/mol. The van der Waals surface area contributed by atoms with Crippen LogP contribution in [0, 0.1) is 13.8 Å². The monoisotopic (exact) mass is 602 g/mol. The van der Waals surface area contributed by atoms with Crippen molar-refractivity contribution in [3.63, 3.8) is 0 Å². The SMILES string of the molecule is CCCCCCN(C(=O)C(CC(N)=O)NC(=O)OC(C)(C)C)C(C(=O)Nc1ccc2ccccc2c1)c1ccc(C)cc1C. The maximum Gasteiger partial charge on any atom is 0.408 e. The number of alkyl carbamates (subject to hydrolysis) is 1. The molecule has 0 aliphatic rings. The fraction of sp³-hybridized carbons (Fsp3) is 0.429. The summed E-state index contributed by atoms with van der Waals surface area (Å²) in [5.41, 5.74) is 7.78. The van der Waals surface area contributed by atoms with Crippen molar-refractivity contribution in [3.8, 4) is 0 Å². The van der Waals surface area contributed by atoms with Gasteiger partial charge in [-0.2, -0.15) is 0 Å². The Morgan fingerprint density at radius 1 is 0.909 bits per heavy atom. The zero-order valence-electron chi connectivity index (χ0n) is 26.7. The first kappa shape index (κ1) is 34.1. The summed E-state index contributed by atoms with van der Waals surface area (Å²) < 4.78 is 5.38. The van der Waals surface area contributed by atoms with Crippen molar-refractivity contribution in [2.45, 2.75) is 91.3 Å². The van der Waals surface area contributed by atoms with E-state index < -0.39 is 47.9 Å². The van der Waals surface area contributed by atoms with Gasteiger partial charge in [0.15, 0.2) is 0 Å². The standard InChI is InChI=1S/C35H46N4O5/c1-7-8-9-12-19-39(33(42)29(22-30(36)40)38-34(43)44-35(4,5)6)31(28-18-15-23(2)20-24(28)3)32(41)37-27-17-16-25-13-10-11-14-26(25)21-27/h10-11,13-18,20-21,29,31H,7-9,12,19,22H2,1-6H3,(H2,36,40)(H,37,41)(H,38,43). The first-order valence-corrected chi connectivity index (χ1v) is 15.2. The Morgan fingerprint density at radius 2 is 1.61 bits per heavy atom. The molecule has 0 aliphatic carbocycles. The molecule has 0 radical (unpaired) electrons. The maximum absolute atomic E-state index is 14.3. The normalized spacial score (nSPS) is 12.7. The number of ether oxygens (including phenoxy) is 1. The van der Waals surface area contributed by atoms with Crippen LogP contribution < -0.4 is 16.4 Å². The summed E-state index contributed by atoms with van der Waals surface area (Å²) in [7, 11) is 0. The minimum atomic E-state index is -1.32. The van der Waals surface area contributed by atoms with Gasteiger partial charge in [-0.3, -0.25) is 14.4 Å². The summed E-state index contributed by atoms with van der Waals surface area (Å²) in [4.78, 5) is 54.9. The lowest BCUT2D eigenvalue weighted by Crippen LogP contribution is -2.53. The average molecular weight is 603 g/mol. The van der Waals surface area contributed by atoms with Gasteiger partial charge in [0.1, 0.15) is 17.7 Å². The van der Waals surface area contributed by atoms with Gasteiger partial charge in [0.25, 0.3) is 5.91 Å². The molecule has 2 unspecified atom stereocenters. The number of amides is 4. The molecule has 2 atom stereocenters. The number of carbonyl (C=O) groups is 4. The van der Waals surface area contributed by atoms with Gasteiger partial charge >= 0.3 is 6.09 Å². The van der Waals surface area contributed by atoms with E-state index in [4.69, 9.17) is 10.5 Å². The molecule has 0 aliphatic heterocycles. The Hall–Kier alpha value is -4.40. The van der Waals surface area contributed by atoms with Crippen molar-refractivity contribution >= 4 is 40.3 Å². The van der Waals surface area contributed by atoms with Crippen molar-refractivity contribution in [1.29, 1.82) is 0 Å². The molecule has 236 valence electrons. The Labute approximate surface area is 260 Å². The van der Waals surface area contributed by atoms with Crippen LogP contribution >= 0.6 is 0 Å². The summed E-state index contributed by atoms with van der Waals surface area (Å²) >= 11 is 0. The van der Waals surface area contributed by atoms with E-state index in [1.165, 1.54) is 4.90 Å². The number of nitrogens with zero attached hydrogens (tertiary/aromatic N) is 1. The minimum absolute atomic E-state index is 0.229. The van der Waals surface area contributed by atoms with E-state index in [1.54, 1.807) is 20.8 Å². The number of primary amides is 1. The second kappa shape index (κ2) is 15.4. The van der Waals surface area contributed by atoms with Crippen LogP contribution in [-0.2, 0) is 19.1 Å². The number of unbranched alkanes of at least 4 members (excludes halogenated alkanes) is 3. The number of hydrogen-bond donors (Lipinski definition) is 3. The van der Waals surface area contributed by atoms with E-state index in [1.807, 2.05) is 74.5 Å². The van der Waals surface area contributed by atoms with Gasteiger partial charge in [-0.15, -0.1) is 0 Å². The van der Waals surface area contributed by atoms with Gasteiger partial charge in [0.2, 0.25) is 11.8 Å². The molecule has 0 fully saturated rings. The van der Waals surface area contributed by atoms with Crippen molar-refractivity contribution in [2.75, 3.05) is 11.9 Å². The summed E-state index contributed by atoms with van der Waals surface area (Å²) in [5, 5.41) is 7.56. The molecule has 0 saturated carbocycles. The molecule has 3 aromatic rings. The predicted molar refractivity (Wildman–Crippen MR) is 174 cm³/mol. The second-order valence-electron chi connectivity index (χ2n) is 12.3. The molecule has 0 aromatic heterocycles. The molecule has 4 N–H and O–H groups in total. The lowest BCUT2D eigenvalue weighted by atomic mass is 9.95. The third kappa shape index (κ3) is 9.82. The van der Waals surface area contributed by atoms with Crippen LogP contribution in [0.3, 0.4) is 0 Å². The van der Waals surface area contributed by atoms with Crippen molar-refractivity contribution in [3.05, 3.63) is 77.4 Å². The van der Waals surface area contributed by atoms with Gasteiger partial charge in [-0.25, -0.2) is 4.79 Å². The number of rotatable bonds is 13. The smallest absolute Gasteiger partial charge is 0.408 e. The van der Waals surface area contributed by atoms with Gasteiger partial charge in [-0.1, -0.05) is 80.3 Å². The highest BCUT2D eigenvalue weighted by molar-refractivity contribution is 6.01. The fourth-order valence-corrected chi connectivity index (χ4v) is 5.19. The Bertz CT molecular complexity index is 1480. The van der Waals surface area contributed by atoms with E-state index in [0.717, 1.165) is 41.2 Å². The number of carbonyl (C=O) groups excluding carboxylic acids is 4. The minimum Gasteiger partial charge on any atom is -0.444 e. The van der Waals surface area contributed by atoms with Crippen molar-refractivity contribution < 1.29 is 23.9 Å². The van der Waals surface area contributed by atoms with Gasteiger partial charge in [0, 0.05) is 12.2 Å². The Morgan fingerprint density at radius 3 is 2.25 bits per heavy atom. The summed E-state index contributed by atoms with van der Waals surface area (Å²) in [6, 6.07) is 16.8. The third-order valence-corrected chi connectivity index (χ3v) is 7.23. The van der Waals surface area contributed by atoms with Crippen LogP contribution in [0.4, 0.5) is 10.5 Å². The van der Waals surface area contributed by atoms with Gasteiger partial charge in [0.05, 0.1) is 6.42 Å². The lowest BCUT2D eigenvalue weighted by molar-refractivity contribution is -0.142. The fourth-order valence-electron chi connectivity index (χ4n) is 5.19. The molecule has 0 spiro atoms. The largest absolute Gasteiger partial charge is 0.444 e. The molecule has 0 heterocycles. The number of benzene rings is 3. The van der Waals surface area contributed by atoms with Gasteiger partial charge in [-0.05, 0) is 75.1 Å². The summed E-state index contributed by atoms with van der Waals surface area (Å²) in [5.74, 6) is -1.77. The summed E-state index contributed by atoms with van der Waals surface area (Å²) in [6.45, 7) is 11.3. The van der Waals surface area contributed by atoms with Crippen LogP contribution in [0.1, 0.15) is 82.5 Å². The highest BCUT2D eigenvalue weighted by Gasteiger charge is 2.37. The molecule has 3 rings (SSSR count). The van der Waals surface area contributed by atoms with Crippen LogP contribution in [0.15, 0.2) is 60.7 Å². The van der Waals surface area contributed by atoms with E-state index in [0.29, 0.717) is 17.7 Å². The van der Waals surface area contributed by atoms with Crippen LogP contribution in [0.25, 0.3) is 10.8 Å². The predicted octanol–water partition coefficient (Wildman–Crippen LogP) is 6.31. The summed E-state index contributed by atoms with van der Waals surface area (Å²) in [6.07, 6.45) is 2.11. The number of anilines is 1. The highest BCUT2D eigenvalue weighted by Crippen LogP contribution is 2.29. The quantitative estimate of drug-likeness (QED) is 0.197. The first-order chi connectivity index (χ1) is 20.8. The average Bonchev–Trinajstić information content (AvgIpc) is 2.93. The first-order valence-electron chi connectivity index (χ1n) is 15.2. The van der Waals surface area contributed by atoms with Crippen LogP contribution in [0.5, 0.6) is 0 Å². The molecule has 3 aromatic carbocycles. The van der Waals surface area contributed by atoms with E-state index >= 15 is 0 Å². The zero-order chi connectivity index (χ0) is 32.4. The number of nitrogens with one attached hydrogen (secondary N) is 2. The van der Waals surface area contributed by atoms with Gasteiger partial charge < -0.3 is 26.0 Å². The second-order valence-corrected chi connectivity index (χ2v) is 12.3. The van der Waals surface area contributed by atoms with Crippen LogP contribution in [-0.4, -0.2) is 46.9 Å². The zero-order valence-corrected chi connectivity index (χ0v) is 26.7. The van der Waals surface area contributed by atoms with E-state index in [2.05, 4.69) is 17.6 Å². The van der Waals surface area contributed by atoms with E-state index in [-0.39, 0.29) is 6.54 Å². The Kier molecular flexibility index (Phi) is 11.9. The lowest BCUT2D eigenvalue weighted by Gasteiger charge is -2.35. The van der Waals surface area contributed by atoms with Crippen molar-refractivity contribution in [1.82, 2.24) is 10.2 Å². The van der Waals surface area contributed by atoms with E-state index in [9.17, 15) is 19.2 Å². The molecule has 9 heteroatoms. The maximum atomic E-state index is 14.3. The number of nitrogens with two attached hydrogens (primary N) is 1. The molecule has 0 saturated heterocycles. The topological polar surface area (TPSA) is 131 Å². The number of hydrogen-bond acceptors (Lipinski definition) is 5. The molecule has 0 bridgehead atoms. The van der Waals surface area contributed by atoms with Crippen LogP contribution in [0.2, 0.25) is 0 Å². The molecule has 4 amide bonds. The highest BCUT2D eigenvalue weighted by atomic mass is 16.6. The third-order valence-electron chi connectivity index (χ3n) is 7.23. The Balaban J connectivity index is 2.07. The number of fused-ring (bicyclic) bond motifs is 1. The number of aryl methyl sites for hydroxylation is 2. The molecular formula is C35H46N4O5. The molecule has 44 heavy (non-hydrogen) atoms.